The molecule has 2 aromatic rings. The fourth-order valence-electron chi connectivity index (χ4n) is 1.62. The molecule has 1 heterocycles. The molecule has 0 radical (unpaired) electrons. The molecule has 0 spiro atoms. The molecular weight excluding hydrogens is 234 g/mol. The number of benzene rings is 1. The van der Waals surface area contributed by atoms with Gasteiger partial charge < -0.3 is 5.11 Å². The summed E-state index contributed by atoms with van der Waals surface area (Å²) in [5.41, 5.74) is 0.665. The Morgan fingerprint density at radius 1 is 1.29 bits per heavy atom. The molecule has 0 saturated heterocycles. The van der Waals surface area contributed by atoms with Crippen LogP contribution in [-0.4, -0.2) is 14.9 Å². The number of hydrogen-bond donors (Lipinski definition) is 2. The van der Waals surface area contributed by atoms with Crippen LogP contribution in [0.15, 0.2) is 41.4 Å². The maximum atomic E-state index is 10.1. The van der Waals surface area contributed by atoms with Crippen molar-refractivity contribution in [1.82, 2.24) is 9.78 Å². The lowest BCUT2D eigenvalue weighted by molar-refractivity contribution is 0.0711. The van der Waals surface area contributed by atoms with Gasteiger partial charge in [0.1, 0.15) is 10.6 Å². The van der Waals surface area contributed by atoms with Crippen LogP contribution in [0.3, 0.4) is 0 Å². The molecule has 0 aliphatic heterocycles. The monoisotopic (exact) mass is 249 g/mol. The van der Waals surface area contributed by atoms with E-state index in [1.165, 1.54) is 0 Å². The first-order chi connectivity index (χ1) is 8.02. The number of nitrogens with zero attached hydrogens (tertiary/aromatic N) is 2. The van der Waals surface area contributed by atoms with Crippen LogP contribution >= 0.6 is 11.9 Å². The van der Waals surface area contributed by atoms with Crippen molar-refractivity contribution in [2.45, 2.75) is 24.5 Å². The zero-order chi connectivity index (χ0) is 12.5. The molecule has 0 aliphatic rings. The summed E-state index contributed by atoms with van der Waals surface area (Å²) in [5.74, 6) is 0. The summed E-state index contributed by atoms with van der Waals surface area (Å²) >= 11 is 1.07. The third kappa shape index (κ3) is 2.52. The minimum atomic E-state index is -0.961. The Labute approximate surface area is 105 Å². The van der Waals surface area contributed by atoms with Gasteiger partial charge in [-0.25, -0.2) is 4.68 Å². The molecule has 17 heavy (non-hydrogen) atoms. The highest BCUT2D eigenvalue weighted by atomic mass is 32.2. The maximum Gasteiger partial charge on any atom is 0.134 e. The number of para-hydroxylation sites is 1. The van der Waals surface area contributed by atoms with Gasteiger partial charge in [-0.2, -0.15) is 5.10 Å². The normalized spacial score (nSPS) is 11.8. The topological polar surface area (TPSA) is 64.1 Å². The van der Waals surface area contributed by atoms with Gasteiger partial charge in [-0.15, -0.1) is 0 Å². The largest absolute Gasteiger partial charge is 0.384 e. The number of nitrogens with two attached hydrogens (primary N) is 1. The van der Waals surface area contributed by atoms with E-state index in [2.05, 4.69) is 5.10 Å². The van der Waals surface area contributed by atoms with Gasteiger partial charge in [-0.1, -0.05) is 18.2 Å². The van der Waals surface area contributed by atoms with Crippen LogP contribution in [0, 0.1) is 0 Å². The predicted octanol–water partition coefficient (Wildman–Crippen LogP) is 2.07. The van der Waals surface area contributed by atoms with Crippen LogP contribution in [0.2, 0.25) is 0 Å². The second-order valence-corrected chi connectivity index (χ2v) is 4.95. The molecule has 4 nitrogen and oxygen atoms in total. The van der Waals surface area contributed by atoms with E-state index in [0.29, 0.717) is 5.03 Å². The van der Waals surface area contributed by atoms with Crippen LogP contribution in [0.25, 0.3) is 5.69 Å². The van der Waals surface area contributed by atoms with Gasteiger partial charge in [0.2, 0.25) is 0 Å². The van der Waals surface area contributed by atoms with E-state index in [1.54, 1.807) is 24.6 Å². The number of rotatable bonds is 3. The van der Waals surface area contributed by atoms with Crippen molar-refractivity contribution in [1.29, 1.82) is 0 Å². The van der Waals surface area contributed by atoms with Gasteiger partial charge in [0.05, 0.1) is 11.4 Å². The van der Waals surface area contributed by atoms with Crippen molar-refractivity contribution in [2.24, 2.45) is 5.14 Å². The molecule has 3 N–H and O–H groups in total. The summed E-state index contributed by atoms with van der Waals surface area (Å²) in [5, 5.41) is 20.7. The minimum Gasteiger partial charge on any atom is -0.384 e. The number of aliphatic hydroxyl groups is 1. The standard InChI is InChI=1S/C12H15N3OS/c1-12(2,16)10-8-11(17-13)14-15(10)9-6-4-3-5-7-9/h3-8,16H,13H2,1-2H3. The molecule has 0 fully saturated rings. The average Bonchev–Trinajstić information content (AvgIpc) is 2.74. The van der Waals surface area contributed by atoms with Gasteiger partial charge in [0.15, 0.2) is 0 Å². The molecule has 90 valence electrons. The van der Waals surface area contributed by atoms with Crippen molar-refractivity contribution in [3.05, 3.63) is 42.1 Å². The van der Waals surface area contributed by atoms with Crippen LogP contribution in [-0.2, 0) is 5.60 Å². The molecule has 1 aromatic heterocycles. The van der Waals surface area contributed by atoms with Gasteiger partial charge in [0.25, 0.3) is 0 Å². The van der Waals surface area contributed by atoms with Crippen LogP contribution < -0.4 is 5.14 Å². The van der Waals surface area contributed by atoms with Gasteiger partial charge in [-0.3, -0.25) is 5.14 Å². The van der Waals surface area contributed by atoms with Crippen LogP contribution in [0.1, 0.15) is 19.5 Å². The van der Waals surface area contributed by atoms with Crippen LogP contribution in [0.5, 0.6) is 0 Å². The lowest BCUT2D eigenvalue weighted by Gasteiger charge is -2.18. The highest BCUT2D eigenvalue weighted by Crippen LogP contribution is 2.26. The van der Waals surface area contributed by atoms with Crippen molar-refractivity contribution in [2.75, 3.05) is 0 Å². The molecule has 0 aliphatic carbocycles. The zero-order valence-corrected chi connectivity index (χ0v) is 10.6. The fourth-order valence-corrected chi connectivity index (χ4v) is 1.93. The number of aromatic nitrogens is 2. The molecule has 5 heteroatoms. The lowest BCUT2D eigenvalue weighted by atomic mass is 10.1. The lowest BCUT2D eigenvalue weighted by Crippen LogP contribution is -2.20. The minimum absolute atomic E-state index is 0.686. The predicted molar refractivity (Wildman–Crippen MR) is 68.9 cm³/mol. The quantitative estimate of drug-likeness (QED) is 0.817. The third-order valence-electron chi connectivity index (χ3n) is 2.44. The fraction of sp³-hybridized carbons (Fsp3) is 0.250. The van der Waals surface area contributed by atoms with Gasteiger partial charge >= 0.3 is 0 Å². The molecule has 0 bridgehead atoms. The molecule has 0 atom stereocenters. The molecule has 0 saturated carbocycles. The molecule has 0 unspecified atom stereocenters. The molecule has 0 amide bonds. The SMILES string of the molecule is CC(C)(O)c1cc(SN)nn1-c1ccccc1. The molecular formula is C12H15N3OS. The van der Waals surface area contributed by atoms with Gasteiger partial charge in [0, 0.05) is 0 Å². The van der Waals surface area contributed by atoms with E-state index in [9.17, 15) is 5.11 Å². The van der Waals surface area contributed by atoms with Crippen molar-refractivity contribution in [3.8, 4) is 5.69 Å². The third-order valence-corrected chi connectivity index (χ3v) is 2.88. The molecule has 2 rings (SSSR count). The van der Waals surface area contributed by atoms with E-state index < -0.39 is 5.60 Å². The van der Waals surface area contributed by atoms with E-state index in [4.69, 9.17) is 5.14 Å². The maximum absolute atomic E-state index is 10.1. The Hall–Kier alpha value is -1.30. The van der Waals surface area contributed by atoms with E-state index in [0.717, 1.165) is 23.3 Å². The second kappa shape index (κ2) is 4.52. The second-order valence-electron chi connectivity index (χ2n) is 4.29. The summed E-state index contributed by atoms with van der Waals surface area (Å²) in [6.07, 6.45) is 0. The summed E-state index contributed by atoms with van der Waals surface area (Å²) < 4.78 is 1.72. The van der Waals surface area contributed by atoms with E-state index >= 15 is 0 Å². The van der Waals surface area contributed by atoms with Crippen molar-refractivity contribution in [3.63, 3.8) is 0 Å². The van der Waals surface area contributed by atoms with Crippen molar-refractivity contribution < 1.29 is 5.11 Å². The highest BCUT2D eigenvalue weighted by molar-refractivity contribution is 7.97. The van der Waals surface area contributed by atoms with E-state index in [-0.39, 0.29) is 0 Å². The molecule has 1 aromatic carbocycles. The summed E-state index contributed by atoms with van der Waals surface area (Å²) in [6.45, 7) is 3.46. The summed E-state index contributed by atoms with van der Waals surface area (Å²) in [7, 11) is 0. The smallest absolute Gasteiger partial charge is 0.134 e. The van der Waals surface area contributed by atoms with Crippen LogP contribution in [0.4, 0.5) is 0 Å². The number of hydrogen-bond acceptors (Lipinski definition) is 4. The highest BCUT2D eigenvalue weighted by Gasteiger charge is 2.23. The summed E-state index contributed by atoms with van der Waals surface area (Å²) in [4.78, 5) is 0. The Bertz CT molecular complexity index is 502. The first kappa shape index (κ1) is 12.2. The van der Waals surface area contributed by atoms with E-state index in [1.807, 2.05) is 30.3 Å². The Balaban J connectivity index is 2.57. The van der Waals surface area contributed by atoms with Gasteiger partial charge in [-0.05, 0) is 44.0 Å². The first-order valence-electron chi connectivity index (χ1n) is 5.27. The summed E-state index contributed by atoms with van der Waals surface area (Å²) in [6, 6.07) is 11.5. The van der Waals surface area contributed by atoms with Crippen molar-refractivity contribution >= 4 is 11.9 Å². The zero-order valence-electron chi connectivity index (χ0n) is 9.79. The Kier molecular flexibility index (Phi) is 3.24. The average molecular weight is 249 g/mol. The first-order valence-corrected chi connectivity index (χ1v) is 6.15. The Morgan fingerprint density at radius 2 is 1.94 bits per heavy atom. The Morgan fingerprint density at radius 3 is 2.47 bits per heavy atom.